The third-order valence-corrected chi connectivity index (χ3v) is 3.20. The van der Waals surface area contributed by atoms with Crippen molar-refractivity contribution in [2.75, 3.05) is 31.6 Å². The Kier molecular flexibility index (Phi) is 5.11. The lowest BCUT2D eigenvalue weighted by Gasteiger charge is -2.08. The molecule has 0 bridgehead atoms. The largest absolute Gasteiger partial charge is 0.356 e. The van der Waals surface area contributed by atoms with Gasteiger partial charge in [-0.2, -0.15) is 0 Å². The maximum Gasteiger partial charge on any atom is 0.224 e. The van der Waals surface area contributed by atoms with Gasteiger partial charge in [0.2, 0.25) is 5.91 Å². The van der Waals surface area contributed by atoms with Crippen molar-refractivity contribution in [3.8, 4) is 0 Å². The summed E-state index contributed by atoms with van der Waals surface area (Å²) >= 11 is 0. The predicted octanol–water partition coefficient (Wildman–Crippen LogP) is -0.519. The minimum Gasteiger partial charge on any atom is -0.356 e. The molecular formula is C9H18N2O2S. The molecule has 0 aliphatic carbocycles. The van der Waals surface area contributed by atoms with Crippen molar-refractivity contribution in [2.24, 2.45) is 5.92 Å². The van der Waals surface area contributed by atoms with Crippen LogP contribution < -0.4 is 10.6 Å². The van der Waals surface area contributed by atoms with Crippen LogP contribution in [-0.4, -0.2) is 41.8 Å². The highest BCUT2D eigenvalue weighted by Crippen LogP contribution is 2.06. The maximum absolute atomic E-state index is 11.5. The Morgan fingerprint density at radius 2 is 2.43 bits per heavy atom. The molecule has 1 aliphatic rings. The number of rotatable bonds is 5. The summed E-state index contributed by atoms with van der Waals surface area (Å²) in [5, 5.41) is 6.02. The lowest BCUT2D eigenvalue weighted by Crippen LogP contribution is -2.33. The van der Waals surface area contributed by atoms with Crippen molar-refractivity contribution in [1.82, 2.24) is 10.6 Å². The van der Waals surface area contributed by atoms with E-state index in [1.54, 1.807) is 6.26 Å². The monoisotopic (exact) mass is 218 g/mol. The molecule has 0 saturated carbocycles. The van der Waals surface area contributed by atoms with Gasteiger partial charge in [0.25, 0.3) is 0 Å². The van der Waals surface area contributed by atoms with Crippen LogP contribution in [0.4, 0.5) is 0 Å². The van der Waals surface area contributed by atoms with Crippen LogP contribution in [0.1, 0.15) is 12.8 Å². The summed E-state index contributed by atoms with van der Waals surface area (Å²) in [5.74, 6) is 0.947. The molecule has 5 heteroatoms. The maximum atomic E-state index is 11.5. The number of hydrogen-bond acceptors (Lipinski definition) is 3. The van der Waals surface area contributed by atoms with E-state index in [4.69, 9.17) is 0 Å². The Bertz CT molecular complexity index is 215. The average molecular weight is 218 g/mol. The van der Waals surface area contributed by atoms with E-state index in [0.29, 0.717) is 12.3 Å². The molecule has 0 spiro atoms. The SMILES string of the molecule is CS(=O)CCCNC(=O)C1CCNC1. The van der Waals surface area contributed by atoms with E-state index in [-0.39, 0.29) is 11.8 Å². The van der Waals surface area contributed by atoms with Crippen molar-refractivity contribution < 1.29 is 9.00 Å². The molecule has 0 aromatic carbocycles. The Labute approximate surface area is 87.3 Å². The Morgan fingerprint density at radius 1 is 1.64 bits per heavy atom. The predicted molar refractivity (Wildman–Crippen MR) is 57.5 cm³/mol. The van der Waals surface area contributed by atoms with Gasteiger partial charge in [0, 0.05) is 35.9 Å². The van der Waals surface area contributed by atoms with E-state index in [0.717, 1.165) is 25.9 Å². The fourth-order valence-corrected chi connectivity index (χ4v) is 2.06. The number of amides is 1. The normalized spacial score (nSPS) is 23.4. The molecule has 0 aromatic heterocycles. The van der Waals surface area contributed by atoms with Gasteiger partial charge < -0.3 is 10.6 Å². The second-order valence-corrected chi connectivity index (χ2v) is 5.17. The van der Waals surface area contributed by atoms with Crippen LogP contribution in [0.5, 0.6) is 0 Å². The summed E-state index contributed by atoms with van der Waals surface area (Å²) < 4.78 is 10.7. The van der Waals surface area contributed by atoms with Crippen LogP contribution in [0.15, 0.2) is 0 Å². The number of carbonyl (C=O) groups excluding carboxylic acids is 1. The molecule has 82 valence electrons. The molecule has 2 N–H and O–H groups in total. The van der Waals surface area contributed by atoms with Crippen molar-refractivity contribution >= 4 is 16.7 Å². The second-order valence-electron chi connectivity index (χ2n) is 3.61. The fraction of sp³-hybridized carbons (Fsp3) is 0.889. The molecule has 0 radical (unpaired) electrons. The van der Waals surface area contributed by atoms with Crippen LogP contribution in [-0.2, 0) is 15.6 Å². The first-order chi connectivity index (χ1) is 6.70. The van der Waals surface area contributed by atoms with E-state index in [1.165, 1.54) is 0 Å². The molecule has 1 amide bonds. The van der Waals surface area contributed by atoms with Crippen LogP contribution in [0.25, 0.3) is 0 Å². The molecular weight excluding hydrogens is 200 g/mol. The summed E-state index contributed by atoms with van der Waals surface area (Å²) in [5.41, 5.74) is 0. The quantitative estimate of drug-likeness (QED) is 0.611. The Morgan fingerprint density at radius 3 is 3.00 bits per heavy atom. The second kappa shape index (κ2) is 6.14. The topological polar surface area (TPSA) is 58.2 Å². The molecule has 1 saturated heterocycles. The molecule has 2 unspecified atom stereocenters. The standard InChI is InChI=1S/C9H18N2O2S/c1-14(13)6-2-4-11-9(12)8-3-5-10-7-8/h8,10H,2-7H2,1H3,(H,11,12). The highest BCUT2D eigenvalue weighted by atomic mass is 32.2. The number of nitrogens with one attached hydrogen (secondary N) is 2. The van der Waals surface area contributed by atoms with Crippen LogP contribution in [0, 0.1) is 5.92 Å². The van der Waals surface area contributed by atoms with E-state index in [9.17, 15) is 9.00 Å². The zero-order chi connectivity index (χ0) is 10.4. The van der Waals surface area contributed by atoms with Crippen molar-refractivity contribution in [3.63, 3.8) is 0 Å². The zero-order valence-electron chi connectivity index (χ0n) is 8.54. The highest BCUT2D eigenvalue weighted by Gasteiger charge is 2.21. The molecule has 2 atom stereocenters. The summed E-state index contributed by atoms with van der Waals surface area (Å²) in [6.45, 7) is 2.39. The average Bonchev–Trinajstić information content (AvgIpc) is 2.64. The molecule has 1 rings (SSSR count). The molecule has 0 aromatic rings. The summed E-state index contributed by atoms with van der Waals surface area (Å²) in [7, 11) is -0.746. The lowest BCUT2D eigenvalue weighted by atomic mass is 10.1. The van der Waals surface area contributed by atoms with Gasteiger partial charge >= 0.3 is 0 Å². The van der Waals surface area contributed by atoms with Gasteiger partial charge in [-0.15, -0.1) is 0 Å². The van der Waals surface area contributed by atoms with E-state index in [2.05, 4.69) is 10.6 Å². The van der Waals surface area contributed by atoms with Gasteiger partial charge in [-0.05, 0) is 19.4 Å². The summed E-state index contributed by atoms with van der Waals surface area (Å²) in [6, 6.07) is 0. The summed E-state index contributed by atoms with van der Waals surface area (Å²) in [6.07, 6.45) is 3.42. The van der Waals surface area contributed by atoms with Crippen LogP contribution >= 0.6 is 0 Å². The van der Waals surface area contributed by atoms with Gasteiger partial charge in [0.05, 0.1) is 5.92 Å². The van der Waals surface area contributed by atoms with Crippen molar-refractivity contribution in [2.45, 2.75) is 12.8 Å². The van der Waals surface area contributed by atoms with Gasteiger partial charge in [0.1, 0.15) is 0 Å². The molecule has 1 heterocycles. The molecule has 4 nitrogen and oxygen atoms in total. The first-order valence-corrected chi connectivity index (χ1v) is 6.71. The summed E-state index contributed by atoms with van der Waals surface area (Å²) in [4.78, 5) is 11.5. The number of hydrogen-bond donors (Lipinski definition) is 2. The first-order valence-electron chi connectivity index (χ1n) is 4.98. The smallest absolute Gasteiger partial charge is 0.224 e. The Hall–Kier alpha value is -0.420. The van der Waals surface area contributed by atoms with E-state index < -0.39 is 10.8 Å². The van der Waals surface area contributed by atoms with Gasteiger partial charge in [0.15, 0.2) is 0 Å². The van der Waals surface area contributed by atoms with Crippen LogP contribution in [0.3, 0.4) is 0 Å². The fourth-order valence-electron chi connectivity index (χ4n) is 1.51. The van der Waals surface area contributed by atoms with Crippen molar-refractivity contribution in [1.29, 1.82) is 0 Å². The van der Waals surface area contributed by atoms with E-state index >= 15 is 0 Å². The van der Waals surface area contributed by atoms with Crippen LogP contribution in [0.2, 0.25) is 0 Å². The highest BCUT2D eigenvalue weighted by molar-refractivity contribution is 7.84. The number of carbonyl (C=O) groups is 1. The van der Waals surface area contributed by atoms with Crippen molar-refractivity contribution in [3.05, 3.63) is 0 Å². The molecule has 1 fully saturated rings. The Balaban J connectivity index is 2.05. The minimum atomic E-state index is -0.746. The van der Waals surface area contributed by atoms with E-state index in [1.807, 2.05) is 0 Å². The third kappa shape index (κ3) is 4.19. The zero-order valence-corrected chi connectivity index (χ0v) is 9.36. The third-order valence-electron chi connectivity index (χ3n) is 2.34. The first kappa shape index (κ1) is 11.7. The molecule has 14 heavy (non-hydrogen) atoms. The van der Waals surface area contributed by atoms with Gasteiger partial charge in [-0.1, -0.05) is 0 Å². The lowest BCUT2D eigenvalue weighted by molar-refractivity contribution is -0.124. The minimum absolute atomic E-state index is 0.136. The van der Waals surface area contributed by atoms with Gasteiger partial charge in [-0.25, -0.2) is 0 Å². The molecule has 1 aliphatic heterocycles. The van der Waals surface area contributed by atoms with Gasteiger partial charge in [-0.3, -0.25) is 9.00 Å².